The van der Waals surface area contributed by atoms with Crippen LogP contribution in [-0.2, 0) is 14.3 Å². The smallest absolute Gasteiger partial charge is 0.337 e. The van der Waals surface area contributed by atoms with Crippen LogP contribution in [0.15, 0.2) is 54.6 Å². The standard InChI is InChI=1S/C21H22N2O5/c1-27-20-14-28-13-12-23(20)18-9-5-2-6-15(18)10-11-19(24)22-17-8-4-3-7-16(17)21(25)26/h2-11,20H,12-14H2,1H3,(H,22,24)(H,25,26)/b11-10+. The van der Waals surface area contributed by atoms with Gasteiger partial charge in [-0.3, -0.25) is 4.79 Å². The zero-order valence-corrected chi connectivity index (χ0v) is 15.5. The lowest BCUT2D eigenvalue weighted by Crippen LogP contribution is -2.46. The monoisotopic (exact) mass is 382 g/mol. The summed E-state index contributed by atoms with van der Waals surface area (Å²) in [7, 11) is 1.64. The number of benzene rings is 2. The average molecular weight is 382 g/mol. The van der Waals surface area contributed by atoms with Gasteiger partial charge in [0.05, 0.1) is 24.5 Å². The van der Waals surface area contributed by atoms with E-state index in [0.29, 0.717) is 19.8 Å². The number of carboxylic acid groups (broad SMARTS) is 1. The molecule has 1 aliphatic rings. The zero-order valence-electron chi connectivity index (χ0n) is 15.5. The van der Waals surface area contributed by atoms with Crippen LogP contribution in [0.1, 0.15) is 15.9 Å². The van der Waals surface area contributed by atoms with Gasteiger partial charge in [0.15, 0.2) is 6.23 Å². The van der Waals surface area contributed by atoms with Gasteiger partial charge in [-0.2, -0.15) is 0 Å². The van der Waals surface area contributed by atoms with Gasteiger partial charge in [0, 0.05) is 25.4 Å². The number of nitrogens with one attached hydrogen (secondary N) is 1. The van der Waals surface area contributed by atoms with E-state index in [4.69, 9.17) is 9.47 Å². The van der Waals surface area contributed by atoms with E-state index in [-0.39, 0.29) is 17.5 Å². The fraction of sp³-hybridized carbons (Fsp3) is 0.238. The molecule has 1 fully saturated rings. The first-order chi connectivity index (χ1) is 13.6. The molecular weight excluding hydrogens is 360 g/mol. The summed E-state index contributed by atoms with van der Waals surface area (Å²) in [6, 6.07) is 14.0. The van der Waals surface area contributed by atoms with E-state index in [1.807, 2.05) is 24.3 Å². The number of carboxylic acids is 1. The number of morpholine rings is 1. The third kappa shape index (κ3) is 4.57. The molecule has 0 bridgehead atoms. The third-order valence-electron chi connectivity index (χ3n) is 4.43. The number of para-hydroxylation sites is 2. The Hall–Kier alpha value is -3.16. The summed E-state index contributed by atoms with van der Waals surface area (Å²) in [6.45, 7) is 1.76. The SMILES string of the molecule is COC1COCCN1c1ccccc1/C=C/C(=O)Nc1ccccc1C(=O)O. The van der Waals surface area contributed by atoms with Gasteiger partial charge in [-0.1, -0.05) is 30.3 Å². The zero-order chi connectivity index (χ0) is 19.9. The Labute approximate surface area is 163 Å². The summed E-state index contributed by atoms with van der Waals surface area (Å²) in [5.41, 5.74) is 2.09. The van der Waals surface area contributed by atoms with Crippen molar-refractivity contribution in [3.63, 3.8) is 0 Å². The molecule has 0 saturated carbocycles. The number of nitrogens with zero attached hydrogens (tertiary/aromatic N) is 1. The molecule has 2 aromatic rings. The summed E-state index contributed by atoms with van der Waals surface area (Å²) in [6.07, 6.45) is 2.90. The van der Waals surface area contributed by atoms with Crippen molar-refractivity contribution in [1.29, 1.82) is 0 Å². The van der Waals surface area contributed by atoms with Gasteiger partial charge in [-0.05, 0) is 29.8 Å². The van der Waals surface area contributed by atoms with Crippen molar-refractivity contribution in [2.75, 3.05) is 37.1 Å². The highest BCUT2D eigenvalue weighted by Crippen LogP contribution is 2.26. The Morgan fingerprint density at radius 2 is 1.96 bits per heavy atom. The Bertz CT molecular complexity index is 881. The van der Waals surface area contributed by atoms with Crippen LogP contribution in [0.4, 0.5) is 11.4 Å². The molecule has 28 heavy (non-hydrogen) atoms. The number of carbonyl (C=O) groups excluding carboxylic acids is 1. The molecule has 0 aromatic heterocycles. The number of carbonyl (C=O) groups is 2. The molecule has 7 nitrogen and oxygen atoms in total. The first-order valence-electron chi connectivity index (χ1n) is 8.87. The number of hydrogen-bond donors (Lipinski definition) is 2. The minimum absolute atomic E-state index is 0.0425. The van der Waals surface area contributed by atoms with E-state index in [2.05, 4.69) is 10.2 Å². The van der Waals surface area contributed by atoms with E-state index in [0.717, 1.165) is 11.3 Å². The molecular formula is C21H22N2O5. The summed E-state index contributed by atoms with van der Waals surface area (Å²) in [4.78, 5) is 25.7. The topological polar surface area (TPSA) is 88.1 Å². The number of hydrogen-bond acceptors (Lipinski definition) is 5. The summed E-state index contributed by atoms with van der Waals surface area (Å²) in [5.74, 6) is -1.50. The van der Waals surface area contributed by atoms with Crippen LogP contribution in [0.3, 0.4) is 0 Å². The van der Waals surface area contributed by atoms with E-state index < -0.39 is 11.9 Å². The molecule has 146 valence electrons. The van der Waals surface area contributed by atoms with Crippen LogP contribution in [0.2, 0.25) is 0 Å². The Balaban J connectivity index is 1.78. The van der Waals surface area contributed by atoms with Gasteiger partial charge < -0.3 is 24.8 Å². The van der Waals surface area contributed by atoms with Crippen molar-refractivity contribution in [2.24, 2.45) is 0 Å². The second-order valence-electron chi connectivity index (χ2n) is 6.19. The lowest BCUT2D eigenvalue weighted by Gasteiger charge is -2.37. The lowest BCUT2D eigenvalue weighted by atomic mass is 10.1. The molecule has 0 aliphatic carbocycles. The van der Waals surface area contributed by atoms with Crippen molar-refractivity contribution < 1.29 is 24.2 Å². The fourth-order valence-corrected chi connectivity index (χ4v) is 3.06. The minimum Gasteiger partial charge on any atom is -0.478 e. The van der Waals surface area contributed by atoms with Crippen molar-refractivity contribution in [3.8, 4) is 0 Å². The van der Waals surface area contributed by atoms with Crippen molar-refractivity contribution in [1.82, 2.24) is 0 Å². The number of ether oxygens (including phenoxy) is 2. The van der Waals surface area contributed by atoms with E-state index in [9.17, 15) is 14.7 Å². The maximum atomic E-state index is 12.3. The molecule has 1 saturated heterocycles. The average Bonchev–Trinajstić information content (AvgIpc) is 2.72. The molecule has 1 heterocycles. The van der Waals surface area contributed by atoms with Crippen LogP contribution in [0, 0.1) is 0 Å². The highest BCUT2D eigenvalue weighted by molar-refractivity contribution is 6.06. The number of amides is 1. The van der Waals surface area contributed by atoms with Crippen molar-refractivity contribution in [3.05, 3.63) is 65.7 Å². The highest BCUT2D eigenvalue weighted by Gasteiger charge is 2.24. The molecule has 2 aromatic carbocycles. The van der Waals surface area contributed by atoms with E-state index in [1.165, 1.54) is 12.1 Å². The fourth-order valence-electron chi connectivity index (χ4n) is 3.06. The molecule has 0 spiro atoms. The van der Waals surface area contributed by atoms with Crippen LogP contribution in [-0.4, -0.2) is 50.1 Å². The molecule has 3 rings (SSSR count). The largest absolute Gasteiger partial charge is 0.478 e. The van der Waals surface area contributed by atoms with Gasteiger partial charge in [0.25, 0.3) is 0 Å². The summed E-state index contributed by atoms with van der Waals surface area (Å²) >= 11 is 0. The van der Waals surface area contributed by atoms with Crippen molar-refractivity contribution >= 4 is 29.3 Å². The van der Waals surface area contributed by atoms with Gasteiger partial charge >= 0.3 is 5.97 Å². The van der Waals surface area contributed by atoms with Crippen LogP contribution in [0.25, 0.3) is 6.08 Å². The second-order valence-corrected chi connectivity index (χ2v) is 6.19. The predicted octanol–water partition coefficient (Wildman–Crippen LogP) is 2.85. The number of aromatic carboxylic acids is 1. The number of methoxy groups -OCH3 is 1. The van der Waals surface area contributed by atoms with E-state index in [1.54, 1.807) is 31.4 Å². The highest BCUT2D eigenvalue weighted by atomic mass is 16.5. The van der Waals surface area contributed by atoms with Crippen LogP contribution < -0.4 is 10.2 Å². The lowest BCUT2D eigenvalue weighted by molar-refractivity contribution is -0.111. The number of anilines is 2. The molecule has 1 atom stereocenters. The molecule has 0 radical (unpaired) electrons. The predicted molar refractivity (Wildman–Crippen MR) is 106 cm³/mol. The maximum absolute atomic E-state index is 12.3. The first-order valence-corrected chi connectivity index (χ1v) is 8.87. The molecule has 1 amide bonds. The van der Waals surface area contributed by atoms with Crippen LogP contribution >= 0.6 is 0 Å². The Morgan fingerprint density at radius 3 is 2.75 bits per heavy atom. The quantitative estimate of drug-likeness (QED) is 0.747. The molecule has 1 aliphatic heterocycles. The first kappa shape index (κ1) is 19.6. The maximum Gasteiger partial charge on any atom is 0.337 e. The van der Waals surface area contributed by atoms with Gasteiger partial charge in [0.1, 0.15) is 0 Å². The molecule has 1 unspecified atom stereocenters. The normalized spacial score (nSPS) is 16.9. The molecule has 7 heteroatoms. The summed E-state index contributed by atoms with van der Waals surface area (Å²) < 4.78 is 11.0. The Morgan fingerprint density at radius 1 is 1.21 bits per heavy atom. The number of rotatable bonds is 6. The van der Waals surface area contributed by atoms with Crippen molar-refractivity contribution in [2.45, 2.75) is 6.23 Å². The second kappa shape index (κ2) is 9.16. The third-order valence-corrected chi connectivity index (χ3v) is 4.43. The van der Waals surface area contributed by atoms with E-state index >= 15 is 0 Å². The van der Waals surface area contributed by atoms with Gasteiger partial charge in [-0.15, -0.1) is 0 Å². The Kier molecular flexibility index (Phi) is 6.41. The summed E-state index contributed by atoms with van der Waals surface area (Å²) in [5, 5.41) is 11.8. The minimum atomic E-state index is -1.09. The molecule has 2 N–H and O–H groups in total. The van der Waals surface area contributed by atoms with Gasteiger partial charge in [-0.25, -0.2) is 4.79 Å². The van der Waals surface area contributed by atoms with Crippen LogP contribution in [0.5, 0.6) is 0 Å². The van der Waals surface area contributed by atoms with Gasteiger partial charge in [0.2, 0.25) is 5.91 Å².